The molecule has 0 aromatic heterocycles. The van der Waals surface area contributed by atoms with E-state index in [1.807, 2.05) is 0 Å². The molecule has 110 valence electrons. The predicted molar refractivity (Wildman–Crippen MR) is 75.1 cm³/mol. The maximum absolute atomic E-state index is 5.46. The van der Waals surface area contributed by atoms with Gasteiger partial charge in [0.05, 0.1) is 33.0 Å². The van der Waals surface area contributed by atoms with Gasteiger partial charge in [0.2, 0.25) is 0 Å². The summed E-state index contributed by atoms with van der Waals surface area (Å²) in [5.41, 5.74) is 0. The predicted octanol–water partition coefficient (Wildman–Crippen LogP) is 2.22. The number of rotatable bonds is 14. The van der Waals surface area contributed by atoms with Crippen LogP contribution in [0.2, 0.25) is 0 Å². The van der Waals surface area contributed by atoms with Crippen LogP contribution < -0.4 is 5.32 Å². The average molecular weight is 261 g/mol. The van der Waals surface area contributed by atoms with Crippen LogP contribution >= 0.6 is 0 Å². The van der Waals surface area contributed by atoms with Gasteiger partial charge >= 0.3 is 0 Å². The fourth-order valence-corrected chi connectivity index (χ4v) is 1.64. The lowest BCUT2D eigenvalue weighted by Gasteiger charge is -2.13. The Morgan fingerprint density at radius 3 is 2.28 bits per heavy atom. The fraction of sp³-hybridized carbons (Fsp3) is 1.00. The van der Waals surface area contributed by atoms with Crippen molar-refractivity contribution in [1.82, 2.24) is 5.32 Å². The molecule has 1 unspecified atom stereocenters. The molecule has 0 fully saturated rings. The Labute approximate surface area is 112 Å². The van der Waals surface area contributed by atoms with Crippen LogP contribution in [-0.4, -0.2) is 52.7 Å². The van der Waals surface area contributed by atoms with E-state index in [1.54, 1.807) is 7.11 Å². The van der Waals surface area contributed by atoms with E-state index in [-0.39, 0.29) is 0 Å². The molecule has 0 bridgehead atoms. The Hall–Kier alpha value is -0.160. The zero-order valence-corrected chi connectivity index (χ0v) is 12.4. The third-order valence-electron chi connectivity index (χ3n) is 2.78. The molecule has 1 atom stereocenters. The molecule has 0 saturated carbocycles. The van der Waals surface area contributed by atoms with E-state index < -0.39 is 0 Å². The Bertz CT molecular complexity index is 156. The second-order valence-electron chi connectivity index (χ2n) is 4.57. The summed E-state index contributed by atoms with van der Waals surface area (Å²) in [6.45, 7) is 8.76. The van der Waals surface area contributed by atoms with Crippen LogP contribution in [0.1, 0.15) is 39.5 Å². The van der Waals surface area contributed by atoms with Crippen molar-refractivity contribution in [1.29, 1.82) is 0 Å². The third-order valence-corrected chi connectivity index (χ3v) is 2.78. The largest absolute Gasteiger partial charge is 0.382 e. The van der Waals surface area contributed by atoms with Gasteiger partial charge in [-0.25, -0.2) is 0 Å². The molecule has 0 aliphatic rings. The Morgan fingerprint density at radius 2 is 1.61 bits per heavy atom. The van der Waals surface area contributed by atoms with Crippen LogP contribution in [-0.2, 0) is 14.2 Å². The Balaban J connectivity index is 3.05. The zero-order valence-electron chi connectivity index (χ0n) is 12.4. The topological polar surface area (TPSA) is 39.7 Å². The second-order valence-corrected chi connectivity index (χ2v) is 4.57. The normalized spacial score (nSPS) is 12.8. The van der Waals surface area contributed by atoms with Crippen LogP contribution in [0.4, 0.5) is 0 Å². The van der Waals surface area contributed by atoms with Gasteiger partial charge in [-0.2, -0.15) is 0 Å². The minimum Gasteiger partial charge on any atom is -0.382 e. The average Bonchev–Trinajstić information content (AvgIpc) is 2.37. The highest BCUT2D eigenvalue weighted by atomic mass is 16.5. The molecule has 0 spiro atoms. The molecule has 1 N–H and O–H groups in total. The van der Waals surface area contributed by atoms with E-state index >= 15 is 0 Å². The van der Waals surface area contributed by atoms with Crippen molar-refractivity contribution in [3.63, 3.8) is 0 Å². The molecular weight excluding hydrogens is 230 g/mol. The minimum absolute atomic E-state index is 0.595. The summed E-state index contributed by atoms with van der Waals surface area (Å²) < 4.78 is 15.6. The number of ether oxygens (including phenoxy) is 3. The summed E-state index contributed by atoms with van der Waals surface area (Å²) in [7, 11) is 1.67. The van der Waals surface area contributed by atoms with E-state index in [1.165, 1.54) is 25.7 Å². The van der Waals surface area contributed by atoms with Crippen molar-refractivity contribution in [2.45, 2.75) is 45.6 Å². The smallest absolute Gasteiger partial charge is 0.0701 e. The highest BCUT2D eigenvalue weighted by Gasteiger charge is 1.99. The lowest BCUT2D eigenvalue weighted by molar-refractivity contribution is 0.0252. The number of hydrogen-bond donors (Lipinski definition) is 1. The highest BCUT2D eigenvalue weighted by Crippen LogP contribution is 2.02. The molecule has 0 aromatic rings. The van der Waals surface area contributed by atoms with Gasteiger partial charge in [0.25, 0.3) is 0 Å². The van der Waals surface area contributed by atoms with E-state index in [9.17, 15) is 0 Å². The summed E-state index contributed by atoms with van der Waals surface area (Å²) in [5, 5.41) is 3.47. The molecule has 0 heterocycles. The van der Waals surface area contributed by atoms with Crippen LogP contribution in [0.15, 0.2) is 0 Å². The van der Waals surface area contributed by atoms with Gasteiger partial charge in [-0.15, -0.1) is 0 Å². The van der Waals surface area contributed by atoms with Gasteiger partial charge in [-0.1, -0.05) is 26.2 Å². The van der Waals surface area contributed by atoms with Gasteiger partial charge in [-0.05, 0) is 13.3 Å². The third kappa shape index (κ3) is 13.9. The first-order valence-corrected chi connectivity index (χ1v) is 7.19. The lowest BCUT2D eigenvalue weighted by Crippen LogP contribution is -2.29. The van der Waals surface area contributed by atoms with E-state index in [4.69, 9.17) is 14.2 Å². The molecule has 0 aliphatic carbocycles. The maximum Gasteiger partial charge on any atom is 0.0701 e. The van der Waals surface area contributed by atoms with Gasteiger partial charge in [-0.3, -0.25) is 0 Å². The van der Waals surface area contributed by atoms with Gasteiger partial charge in [0, 0.05) is 19.7 Å². The van der Waals surface area contributed by atoms with Crippen LogP contribution in [0, 0.1) is 0 Å². The quantitative estimate of drug-likeness (QED) is 0.487. The summed E-state index contributed by atoms with van der Waals surface area (Å²) in [6.07, 6.45) is 5.20. The SMILES string of the molecule is CCCCCC(C)NCCOCCOCCOC. The molecule has 0 radical (unpaired) electrons. The molecular formula is C14H31NO3. The zero-order chi connectivity index (χ0) is 13.5. The van der Waals surface area contributed by atoms with Crippen LogP contribution in [0.3, 0.4) is 0 Å². The molecule has 0 aromatic carbocycles. The monoisotopic (exact) mass is 261 g/mol. The Morgan fingerprint density at radius 1 is 0.944 bits per heavy atom. The molecule has 0 amide bonds. The van der Waals surface area contributed by atoms with Crippen LogP contribution in [0.25, 0.3) is 0 Å². The molecule has 0 rings (SSSR count). The summed E-state index contributed by atoms with van der Waals surface area (Å²) in [6, 6.07) is 0.595. The van der Waals surface area contributed by atoms with Crippen LogP contribution in [0.5, 0.6) is 0 Å². The van der Waals surface area contributed by atoms with Crippen molar-refractivity contribution in [2.24, 2.45) is 0 Å². The fourth-order valence-electron chi connectivity index (χ4n) is 1.64. The summed E-state index contributed by atoms with van der Waals surface area (Å²) in [5.74, 6) is 0. The minimum atomic E-state index is 0.595. The molecule has 4 heteroatoms. The van der Waals surface area contributed by atoms with Gasteiger partial charge < -0.3 is 19.5 Å². The molecule has 18 heavy (non-hydrogen) atoms. The van der Waals surface area contributed by atoms with Crippen molar-refractivity contribution in [2.75, 3.05) is 46.7 Å². The first-order valence-electron chi connectivity index (χ1n) is 7.19. The second kappa shape index (κ2) is 14.9. The first-order chi connectivity index (χ1) is 8.81. The highest BCUT2D eigenvalue weighted by molar-refractivity contribution is 4.59. The van der Waals surface area contributed by atoms with Crippen molar-refractivity contribution < 1.29 is 14.2 Å². The number of nitrogens with one attached hydrogen (secondary N) is 1. The summed E-state index contributed by atoms with van der Waals surface area (Å²) >= 11 is 0. The Kier molecular flexibility index (Phi) is 14.8. The van der Waals surface area contributed by atoms with Crippen molar-refractivity contribution >= 4 is 0 Å². The maximum atomic E-state index is 5.46. The van der Waals surface area contributed by atoms with Crippen molar-refractivity contribution in [3.8, 4) is 0 Å². The van der Waals surface area contributed by atoms with Gasteiger partial charge in [0.15, 0.2) is 0 Å². The molecule has 0 saturated heterocycles. The number of methoxy groups -OCH3 is 1. The van der Waals surface area contributed by atoms with Crippen molar-refractivity contribution in [3.05, 3.63) is 0 Å². The number of unbranched alkanes of at least 4 members (excludes halogenated alkanes) is 2. The standard InChI is InChI=1S/C14H31NO3/c1-4-5-6-7-14(2)15-8-9-17-12-13-18-11-10-16-3/h14-15H,4-13H2,1-3H3. The molecule has 0 aliphatic heterocycles. The first kappa shape index (κ1) is 17.8. The van der Waals surface area contributed by atoms with E-state index in [0.717, 1.165) is 13.2 Å². The summed E-state index contributed by atoms with van der Waals surface area (Å²) in [4.78, 5) is 0. The van der Waals surface area contributed by atoms with E-state index in [0.29, 0.717) is 32.5 Å². The van der Waals surface area contributed by atoms with Gasteiger partial charge in [0.1, 0.15) is 0 Å². The number of hydrogen-bond acceptors (Lipinski definition) is 4. The lowest BCUT2D eigenvalue weighted by atomic mass is 10.1. The van der Waals surface area contributed by atoms with E-state index in [2.05, 4.69) is 19.2 Å². The molecule has 4 nitrogen and oxygen atoms in total.